The quantitative estimate of drug-likeness (QED) is 0.795. The normalized spacial score (nSPS) is 28.5. The SMILES string of the molecule is CC(C)C1CC(NCCC(=O)N2CCCC2)C1. The molecule has 3 nitrogen and oxygen atoms in total. The van der Waals surface area contributed by atoms with E-state index in [1.807, 2.05) is 4.90 Å². The maximum absolute atomic E-state index is 11.8. The largest absolute Gasteiger partial charge is 0.343 e. The van der Waals surface area contributed by atoms with E-state index in [0.29, 0.717) is 18.4 Å². The highest BCUT2D eigenvalue weighted by molar-refractivity contribution is 5.76. The predicted molar refractivity (Wildman–Crippen MR) is 69.8 cm³/mol. The van der Waals surface area contributed by atoms with Crippen LogP contribution in [0.15, 0.2) is 0 Å². The Morgan fingerprint density at radius 3 is 2.53 bits per heavy atom. The van der Waals surface area contributed by atoms with Gasteiger partial charge in [0.15, 0.2) is 0 Å². The molecular weight excluding hydrogens is 212 g/mol. The fourth-order valence-corrected chi connectivity index (χ4v) is 2.88. The predicted octanol–water partition coefficient (Wildman–Crippen LogP) is 2.02. The molecule has 0 atom stereocenters. The van der Waals surface area contributed by atoms with Gasteiger partial charge in [-0.3, -0.25) is 4.79 Å². The highest BCUT2D eigenvalue weighted by Gasteiger charge is 2.30. The molecule has 0 aromatic rings. The van der Waals surface area contributed by atoms with Crippen LogP contribution in [0.1, 0.15) is 46.0 Å². The van der Waals surface area contributed by atoms with Crippen molar-refractivity contribution in [3.63, 3.8) is 0 Å². The Morgan fingerprint density at radius 2 is 1.94 bits per heavy atom. The van der Waals surface area contributed by atoms with Crippen LogP contribution in [0.5, 0.6) is 0 Å². The number of carbonyl (C=O) groups excluding carboxylic acids is 1. The van der Waals surface area contributed by atoms with Crippen molar-refractivity contribution in [1.82, 2.24) is 10.2 Å². The van der Waals surface area contributed by atoms with Crippen LogP contribution in [0.2, 0.25) is 0 Å². The van der Waals surface area contributed by atoms with Gasteiger partial charge >= 0.3 is 0 Å². The summed E-state index contributed by atoms with van der Waals surface area (Å²) < 4.78 is 0. The molecule has 1 saturated carbocycles. The summed E-state index contributed by atoms with van der Waals surface area (Å²) in [6, 6.07) is 0.675. The molecule has 0 radical (unpaired) electrons. The molecule has 1 amide bonds. The summed E-state index contributed by atoms with van der Waals surface area (Å²) in [4.78, 5) is 13.8. The molecule has 0 aromatic heterocycles. The van der Waals surface area contributed by atoms with Crippen LogP contribution in [0.3, 0.4) is 0 Å². The second-order valence-corrected chi connectivity index (χ2v) is 5.96. The minimum atomic E-state index is 0.342. The summed E-state index contributed by atoms with van der Waals surface area (Å²) in [5.41, 5.74) is 0. The number of hydrogen-bond acceptors (Lipinski definition) is 2. The van der Waals surface area contributed by atoms with E-state index < -0.39 is 0 Å². The van der Waals surface area contributed by atoms with E-state index in [1.54, 1.807) is 0 Å². The summed E-state index contributed by atoms with van der Waals surface area (Å²) >= 11 is 0. The zero-order chi connectivity index (χ0) is 12.3. The summed E-state index contributed by atoms with van der Waals surface area (Å²) in [6.07, 6.45) is 5.67. The maximum Gasteiger partial charge on any atom is 0.223 e. The Morgan fingerprint density at radius 1 is 1.29 bits per heavy atom. The fraction of sp³-hybridized carbons (Fsp3) is 0.929. The molecule has 2 rings (SSSR count). The van der Waals surface area contributed by atoms with Crippen LogP contribution in [-0.4, -0.2) is 36.5 Å². The van der Waals surface area contributed by atoms with Crippen molar-refractivity contribution in [2.24, 2.45) is 11.8 Å². The van der Waals surface area contributed by atoms with E-state index in [-0.39, 0.29) is 0 Å². The Balaban J connectivity index is 1.53. The number of nitrogens with zero attached hydrogens (tertiary/aromatic N) is 1. The molecule has 1 heterocycles. The Hall–Kier alpha value is -0.570. The molecule has 1 aliphatic carbocycles. The van der Waals surface area contributed by atoms with Crippen LogP contribution in [0.25, 0.3) is 0 Å². The van der Waals surface area contributed by atoms with Crippen molar-refractivity contribution >= 4 is 5.91 Å². The number of nitrogens with one attached hydrogen (secondary N) is 1. The standard InChI is InChI=1S/C14H26N2O/c1-11(2)12-9-13(10-12)15-6-5-14(17)16-7-3-4-8-16/h11-13,15H,3-10H2,1-2H3. The minimum Gasteiger partial charge on any atom is -0.343 e. The monoisotopic (exact) mass is 238 g/mol. The lowest BCUT2D eigenvalue weighted by Crippen LogP contribution is -2.44. The van der Waals surface area contributed by atoms with Crippen molar-refractivity contribution in [2.45, 2.75) is 52.0 Å². The van der Waals surface area contributed by atoms with E-state index in [9.17, 15) is 4.79 Å². The zero-order valence-corrected chi connectivity index (χ0v) is 11.2. The Kier molecular flexibility index (Phi) is 4.43. The zero-order valence-electron chi connectivity index (χ0n) is 11.2. The summed E-state index contributed by atoms with van der Waals surface area (Å²) in [5, 5.41) is 3.51. The molecule has 0 unspecified atom stereocenters. The lowest BCUT2D eigenvalue weighted by molar-refractivity contribution is -0.130. The summed E-state index contributed by atoms with van der Waals surface area (Å²) in [7, 11) is 0. The first kappa shape index (κ1) is 12.9. The second-order valence-electron chi connectivity index (χ2n) is 5.96. The van der Waals surface area contributed by atoms with Crippen LogP contribution >= 0.6 is 0 Å². The number of amides is 1. The minimum absolute atomic E-state index is 0.342. The van der Waals surface area contributed by atoms with Crippen molar-refractivity contribution in [3.8, 4) is 0 Å². The molecule has 1 N–H and O–H groups in total. The van der Waals surface area contributed by atoms with Crippen molar-refractivity contribution in [3.05, 3.63) is 0 Å². The molecule has 3 heteroatoms. The average molecular weight is 238 g/mol. The number of hydrogen-bond donors (Lipinski definition) is 1. The third-order valence-electron chi connectivity index (χ3n) is 4.35. The first-order valence-corrected chi connectivity index (χ1v) is 7.18. The number of rotatable bonds is 5. The van der Waals surface area contributed by atoms with Gasteiger partial charge in [-0.2, -0.15) is 0 Å². The molecule has 0 spiro atoms. The van der Waals surface area contributed by atoms with Crippen molar-refractivity contribution in [2.75, 3.05) is 19.6 Å². The third kappa shape index (κ3) is 3.44. The van der Waals surface area contributed by atoms with E-state index in [1.165, 1.54) is 25.7 Å². The smallest absolute Gasteiger partial charge is 0.223 e. The molecule has 0 bridgehead atoms. The van der Waals surface area contributed by atoms with E-state index in [2.05, 4.69) is 19.2 Å². The average Bonchev–Trinajstić information content (AvgIpc) is 2.73. The van der Waals surface area contributed by atoms with Crippen molar-refractivity contribution in [1.29, 1.82) is 0 Å². The Labute approximate surface area is 105 Å². The van der Waals surface area contributed by atoms with Gasteiger partial charge in [-0.15, -0.1) is 0 Å². The molecule has 2 fully saturated rings. The molecule has 17 heavy (non-hydrogen) atoms. The second kappa shape index (κ2) is 5.85. The third-order valence-corrected chi connectivity index (χ3v) is 4.35. The van der Waals surface area contributed by atoms with Gasteiger partial charge in [-0.1, -0.05) is 13.8 Å². The van der Waals surface area contributed by atoms with E-state index in [0.717, 1.165) is 31.5 Å². The van der Waals surface area contributed by atoms with Crippen LogP contribution in [0, 0.1) is 11.8 Å². The van der Waals surface area contributed by atoms with Gasteiger partial charge in [0, 0.05) is 32.1 Å². The first-order chi connectivity index (χ1) is 8.16. The Bertz CT molecular complexity index is 253. The van der Waals surface area contributed by atoms with Gasteiger partial charge < -0.3 is 10.2 Å². The van der Waals surface area contributed by atoms with Gasteiger partial charge in [0.05, 0.1) is 0 Å². The molecular formula is C14H26N2O. The highest BCUT2D eigenvalue weighted by atomic mass is 16.2. The highest BCUT2D eigenvalue weighted by Crippen LogP contribution is 2.33. The lowest BCUT2D eigenvalue weighted by Gasteiger charge is -2.38. The van der Waals surface area contributed by atoms with E-state index >= 15 is 0 Å². The van der Waals surface area contributed by atoms with Gasteiger partial charge in [-0.25, -0.2) is 0 Å². The molecule has 1 aliphatic heterocycles. The first-order valence-electron chi connectivity index (χ1n) is 7.18. The van der Waals surface area contributed by atoms with Crippen LogP contribution < -0.4 is 5.32 Å². The number of carbonyl (C=O) groups is 1. The lowest BCUT2D eigenvalue weighted by atomic mass is 9.74. The number of likely N-dealkylation sites (tertiary alicyclic amines) is 1. The van der Waals surface area contributed by atoms with Crippen LogP contribution in [-0.2, 0) is 4.79 Å². The van der Waals surface area contributed by atoms with Gasteiger partial charge in [0.25, 0.3) is 0 Å². The summed E-state index contributed by atoms with van der Waals surface area (Å²) in [6.45, 7) is 7.44. The molecule has 1 saturated heterocycles. The van der Waals surface area contributed by atoms with Gasteiger partial charge in [0.2, 0.25) is 5.91 Å². The fourth-order valence-electron chi connectivity index (χ4n) is 2.88. The summed E-state index contributed by atoms with van der Waals surface area (Å²) in [5.74, 6) is 2.07. The molecule has 98 valence electrons. The van der Waals surface area contributed by atoms with E-state index in [4.69, 9.17) is 0 Å². The molecule has 2 aliphatic rings. The maximum atomic E-state index is 11.8. The van der Waals surface area contributed by atoms with Gasteiger partial charge in [-0.05, 0) is 37.5 Å². The topological polar surface area (TPSA) is 32.3 Å². The van der Waals surface area contributed by atoms with Crippen LogP contribution in [0.4, 0.5) is 0 Å². The van der Waals surface area contributed by atoms with Crippen molar-refractivity contribution < 1.29 is 4.79 Å². The molecule has 0 aromatic carbocycles. The van der Waals surface area contributed by atoms with Gasteiger partial charge in [0.1, 0.15) is 0 Å².